The quantitative estimate of drug-likeness (QED) is 0.753. The molecule has 4 heteroatoms. The van der Waals surface area contributed by atoms with Gasteiger partial charge in [0.25, 0.3) is 0 Å². The van der Waals surface area contributed by atoms with Gasteiger partial charge in [0.2, 0.25) is 0 Å². The third-order valence-electron chi connectivity index (χ3n) is 2.23. The summed E-state index contributed by atoms with van der Waals surface area (Å²) >= 11 is 0. The first-order valence-electron chi connectivity index (χ1n) is 5.08. The molecule has 0 saturated carbocycles. The van der Waals surface area contributed by atoms with Crippen molar-refractivity contribution in [3.05, 3.63) is 41.9 Å². The van der Waals surface area contributed by atoms with E-state index in [4.69, 9.17) is 5.73 Å². The molecule has 1 heterocycles. The molecule has 0 amide bonds. The number of aryl methyl sites for hydroxylation is 2. The maximum Gasteiger partial charge on any atom is 0.152 e. The Hall–Kier alpha value is -2.10. The molecule has 0 aliphatic carbocycles. The van der Waals surface area contributed by atoms with Gasteiger partial charge in [-0.3, -0.25) is 4.98 Å². The molecule has 0 aliphatic rings. The Bertz CT molecular complexity index is 508. The van der Waals surface area contributed by atoms with Crippen molar-refractivity contribution in [2.45, 2.75) is 13.8 Å². The monoisotopic (exact) mass is 214 g/mol. The SMILES string of the molecule is Cc1cnc(C)c(Nc2cccc(N)c2)n1. The predicted octanol–water partition coefficient (Wildman–Crippen LogP) is 2.42. The summed E-state index contributed by atoms with van der Waals surface area (Å²) in [6, 6.07) is 7.56. The maximum absolute atomic E-state index is 5.70. The van der Waals surface area contributed by atoms with Gasteiger partial charge in [-0.15, -0.1) is 0 Å². The van der Waals surface area contributed by atoms with Crippen molar-refractivity contribution in [1.82, 2.24) is 9.97 Å². The molecule has 0 spiro atoms. The van der Waals surface area contributed by atoms with Crippen molar-refractivity contribution >= 4 is 17.2 Å². The Morgan fingerprint density at radius 1 is 1.25 bits per heavy atom. The van der Waals surface area contributed by atoms with Crippen LogP contribution in [-0.4, -0.2) is 9.97 Å². The lowest BCUT2D eigenvalue weighted by molar-refractivity contribution is 1.07. The summed E-state index contributed by atoms with van der Waals surface area (Å²) in [5, 5.41) is 3.20. The van der Waals surface area contributed by atoms with E-state index in [1.807, 2.05) is 38.1 Å². The second-order valence-electron chi connectivity index (χ2n) is 3.70. The lowest BCUT2D eigenvalue weighted by Gasteiger charge is -2.08. The zero-order valence-electron chi connectivity index (χ0n) is 9.36. The molecule has 0 fully saturated rings. The number of nitrogens with two attached hydrogens (primary N) is 1. The van der Waals surface area contributed by atoms with Crippen LogP contribution in [0, 0.1) is 13.8 Å². The Labute approximate surface area is 94.5 Å². The molecule has 0 aliphatic heterocycles. The van der Waals surface area contributed by atoms with Gasteiger partial charge in [-0.1, -0.05) is 6.07 Å². The molecule has 0 bridgehead atoms. The first kappa shape index (κ1) is 10.4. The van der Waals surface area contributed by atoms with Crippen LogP contribution in [0.4, 0.5) is 17.2 Å². The maximum atomic E-state index is 5.70. The summed E-state index contributed by atoms with van der Waals surface area (Å²) in [5.41, 5.74) is 9.10. The van der Waals surface area contributed by atoms with Crippen LogP contribution in [0.15, 0.2) is 30.5 Å². The third kappa shape index (κ3) is 2.28. The second-order valence-corrected chi connectivity index (χ2v) is 3.70. The van der Waals surface area contributed by atoms with E-state index in [9.17, 15) is 0 Å². The fourth-order valence-electron chi connectivity index (χ4n) is 1.41. The van der Waals surface area contributed by atoms with E-state index in [1.54, 1.807) is 6.20 Å². The highest BCUT2D eigenvalue weighted by Gasteiger charge is 2.02. The van der Waals surface area contributed by atoms with E-state index in [0.29, 0.717) is 0 Å². The molecule has 0 atom stereocenters. The Morgan fingerprint density at radius 2 is 2.06 bits per heavy atom. The molecule has 3 N–H and O–H groups in total. The lowest BCUT2D eigenvalue weighted by atomic mass is 10.3. The van der Waals surface area contributed by atoms with Gasteiger partial charge in [-0.2, -0.15) is 0 Å². The van der Waals surface area contributed by atoms with Crippen molar-refractivity contribution < 1.29 is 0 Å². The van der Waals surface area contributed by atoms with Gasteiger partial charge in [0.15, 0.2) is 5.82 Å². The van der Waals surface area contributed by atoms with Gasteiger partial charge in [0.1, 0.15) is 0 Å². The number of nitrogen functional groups attached to an aromatic ring is 1. The first-order chi connectivity index (χ1) is 7.65. The molecule has 82 valence electrons. The summed E-state index contributed by atoms with van der Waals surface area (Å²) in [5.74, 6) is 0.769. The lowest BCUT2D eigenvalue weighted by Crippen LogP contribution is -2.00. The molecule has 4 nitrogen and oxygen atoms in total. The summed E-state index contributed by atoms with van der Waals surface area (Å²) in [6.45, 7) is 3.83. The first-order valence-corrected chi connectivity index (χ1v) is 5.08. The summed E-state index contributed by atoms with van der Waals surface area (Å²) < 4.78 is 0. The summed E-state index contributed by atoms with van der Waals surface area (Å²) in [6.07, 6.45) is 1.75. The largest absolute Gasteiger partial charge is 0.399 e. The van der Waals surface area contributed by atoms with Gasteiger partial charge in [-0.05, 0) is 32.0 Å². The number of benzene rings is 1. The summed E-state index contributed by atoms with van der Waals surface area (Å²) in [7, 11) is 0. The minimum Gasteiger partial charge on any atom is -0.399 e. The number of hydrogen-bond acceptors (Lipinski definition) is 4. The molecule has 0 saturated heterocycles. The highest BCUT2D eigenvalue weighted by molar-refractivity contribution is 5.62. The third-order valence-corrected chi connectivity index (χ3v) is 2.23. The molecule has 1 aromatic heterocycles. The molecular weight excluding hydrogens is 200 g/mol. The average molecular weight is 214 g/mol. The highest BCUT2D eigenvalue weighted by atomic mass is 15.0. The standard InChI is InChI=1S/C12H14N4/c1-8-7-14-9(2)12(15-8)16-11-5-3-4-10(13)6-11/h3-7H,13H2,1-2H3,(H,15,16). The van der Waals surface area contributed by atoms with Crippen LogP contribution in [0.25, 0.3) is 0 Å². The van der Waals surface area contributed by atoms with Crippen LogP contribution in [0.3, 0.4) is 0 Å². The van der Waals surface area contributed by atoms with Gasteiger partial charge in [0.05, 0.1) is 11.4 Å². The Balaban J connectivity index is 2.30. The Kier molecular flexibility index (Phi) is 2.72. The van der Waals surface area contributed by atoms with Crippen LogP contribution in [0.5, 0.6) is 0 Å². The predicted molar refractivity (Wildman–Crippen MR) is 65.6 cm³/mol. The fraction of sp³-hybridized carbons (Fsp3) is 0.167. The number of rotatable bonds is 2. The minimum atomic E-state index is 0.725. The molecule has 0 radical (unpaired) electrons. The van der Waals surface area contributed by atoms with E-state index in [-0.39, 0.29) is 0 Å². The van der Waals surface area contributed by atoms with Gasteiger partial charge >= 0.3 is 0 Å². The van der Waals surface area contributed by atoms with Crippen LogP contribution in [-0.2, 0) is 0 Å². The van der Waals surface area contributed by atoms with Gasteiger partial charge < -0.3 is 11.1 Å². The van der Waals surface area contributed by atoms with Crippen molar-refractivity contribution in [1.29, 1.82) is 0 Å². The number of anilines is 3. The average Bonchev–Trinajstić information content (AvgIpc) is 2.24. The number of nitrogens with zero attached hydrogens (tertiary/aromatic N) is 2. The topological polar surface area (TPSA) is 63.8 Å². The molecule has 2 rings (SSSR count). The number of aromatic nitrogens is 2. The van der Waals surface area contributed by atoms with Crippen molar-refractivity contribution in [3.63, 3.8) is 0 Å². The van der Waals surface area contributed by atoms with Gasteiger partial charge in [0, 0.05) is 17.6 Å². The molecule has 1 aromatic carbocycles. The minimum absolute atomic E-state index is 0.725. The zero-order chi connectivity index (χ0) is 11.5. The van der Waals surface area contributed by atoms with Crippen molar-refractivity contribution in [3.8, 4) is 0 Å². The van der Waals surface area contributed by atoms with E-state index < -0.39 is 0 Å². The smallest absolute Gasteiger partial charge is 0.152 e. The van der Waals surface area contributed by atoms with E-state index in [1.165, 1.54) is 0 Å². The molecule has 0 unspecified atom stereocenters. The summed E-state index contributed by atoms with van der Waals surface area (Å²) in [4.78, 5) is 8.62. The number of hydrogen-bond donors (Lipinski definition) is 2. The fourth-order valence-corrected chi connectivity index (χ4v) is 1.41. The molecule has 2 aromatic rings. The van der Waals surface area contributed by atoms with Crippen LogP contribution >= 0.6 is 0 Å². The van der Waals surface area contributed by atoms with Crippen LogP contribution < -0.4 is 11.1 Å². The number of nitrogens with one attached hydrogen (secondary N) is 1. The molecule has 16 heavy (non-hydrogen) atoms. The second kappa shape index (κ2) is 4.18. The zero-order valence-corrected chi connectivity index (χ0v) is 9.36. The van der Waals surface area contributed by atoms with E-state index in [0.717, 1.165) is 28.6 Å². The van der Waals surface area contributed by atoms with E-state index in [2.05, 4.69) is 15.3 Å². The highest BCUT2D eigenvalue weighted by Crippen LogP contribution is 2.18. The van der Waals surface area contributed by atoms with Crippen LogP contribution in [0.1, 0.15) is 11.4 Å². The normalized spacial score (nSPS) is 10.1. The Morgan fingerprint density at radius 3 is 2.81 bits per heavy atom. The molecular formula is C12H14N4. The van der Waals surface area contributed by atoms with E-state index >= 15 is 0 Å². The van der Waals surface area contributed by atoms with Gasteiger partial charge in [-0.25, -0.2) is 4.98 Å². The van der Waals surface area contributed by atoms with Crippen molar-refractivity contribution in [2.75, 3.05) is 11.1 Å². The van der Waals surface area contributed by atoms with Crippen molar-refractivity contribution in [2.24, 2.45) is 0 Å². The van der Waals surface area contributed by atoms with Crippen LogP contribution in [0.2, 0.25) is 0 Å².